The van der Waals surface area contributed by atoms with Gasteiger partial charge < -0.3 is 5.32 Å². The van der Waals surface area contributed by atoms with Gasteiger partial charge in [-0.2, -0.15) is 0 Å². The van der Waals surface area contributed by atoms with Gasteiger partial charge in [0, 0.05) is 27.1 Å². The molecule has 3 heteroatoms. The van der Waals surface area contributed by atoms with E-state index in [4.69, 9.17) is 4.99 Å². The van der Waals surface area contributed by atoms with Crippen LogP contribution in [0.3, 0.4) is 0 Å². The van der Waals surface area contributed by atoms with Crippen LogP contribution in [-0.2, 0) is 0 Å². The average Bonchev–Trinajstić information content (AvgIpc) is 3.55. The Morgan fingerprint density at radius 1 is 0.431 bits per heavy atom. The van der Waals surface area contributed by atoms with Crippen LogP contribution in [0.5, 0.6) is 0 Å². The van der Waals surface area contributed by atoms with E-state index < -0.39 is 0 Å². The summed E-state index contributed by atoms with van der Waals surface area (Å²) in [5.41, 5.74) is 5.59. The van der Waals surface area contributed by atoms with Crippen molar-refractivity contribution < 1.29 is 0 Å². The third-order valence-corrected chi connectivity index (χ3v) is 10.8. The summed E-state index contributed by atoms with van der Waals surface area (Å²) in [6.07, 6.45) is 2.31. The summed E-state index contributed by atoms with van der Waals surface area (Å²) >= 11 is 0. The van der Waals surface area contributed by atoms with E-state index in [1.807, 2.05) is 0 Å². The van der Waals surface area contributed by atoms with Gasteiger partial charge >= 0.3 is 0 Å². The molecule has 0 fully saturated rings. The van der Waals surface area contributed by atoms with Crippen LogP contribution < -0.4 is 5.32 Å². The number of hydrogen-bond donors (Lipinski definition) is 1. The number of benzene rings is 9. The molecule has 9 aromatic carbocycles. The first kappa shape index (κ1) is 28.2. The summed E-state index contributed by atoms with van der Waals surface area (Å²) < 4.78 is 2.39. The average molecular weight is 650 g/mol. The SMILES string of the molecule is C1=C(c2cccc3ccccc23)N=C(n2c3ccccc3c3c4c5ccccc5ccc4c4ccccc4c32)NC1c1cccc2ccccc12. The van der Waals surface area contributed by atoms with Crippen molar-refractivity contribution in [1.82, 2.24) is 9.88 Å². The summed E-state index contributed by atoms with van der Waals surface area (Å²) in [4.78, 5) is 5.58. The van der Waals surface area contributed by atoms with Gasteiger partial charge in [-0.1, -0.05) is 164 Å². The van der Waals surface area contributed by atoms with Crippen LogP contribution in [0.4, 0.5) is 0 Å². The number of nitrogens with zero attached hydrogens (tertiary/aromatic N) is 2. The van der Waals surface area contributed by atoms with Crippen LogP contribution >= 0.6 is 0 Å². The Morgan fingerprint density at radius 2 is 1.02 bits per heavy atom. The van der Waals surface area contributed by atoms with E-state index in [1.54, 1.807) is 0 Å². The molecule has 1 aliphatic heterocycles. The molecule has 1 atom stereocenters. The first-order chi connectivity index (χ1) is 25.3. The lowest BCUT2D eigenvalue weighted by molar-refractivity contribution is 0.767. The molecule has 0 radical (unpaired) electrons. The molecule has 0 spiro atoms. The van der Waals surface area contributed by atoms with Crippen molar-refractivity contribution in [3.8, 4) is 0 Å². The van der Waals surface area contributed by atoms with Gasteiger partial charge in [0.15, 0.2) is 0 Å². The quantitative estimate of drug-likeness (QED) is 0.186. The van der Waals surface area contributed by atoms with Crippen LogP contribution in [0, 0.1) is 0 Å². The molecular weight excluding hydrogens is 619 g/mol. The van der Waals surface area contributed by atoms with Crippen LogP contribution in [-0.4, -0.2) is 10.5 Å². The van der Waals surface area contributed by atoms with E-state index >= 15 is 0 Å². The number of fused-ring (bicyclic) bond motifs is 12. The van der Waals surface area contributed by atoms with E-state index in [1.165, 1.54) is 70.2 Å². The van der Waals surface area contributed by atoms with Gasteiger partial charge in [0.2, 0.25) is 5.96 Å². The fraction of sp³-hybridized carbons (Fsp3) is 0.0208. The lowest BCUT2D eigenvalue weighted by Gasteiger charge is -2.27. The molecular formula is C48H31N3. The highest BCUT2D eigenvalue weighted by molar-refractivity contribution is 6.37. The van der Waals surface area contributed by atoms with Gasteiger partial charge in [-0.25, -0.2) is 4.99 Å². The summed E-state index contributed by atoms with van der Waals surface area (Å²) in [5, 5.41) is 18.8. The van der Waals surface area contributed by atoms with Crippen molar-refractivity contribution >= 4 is 87.3 Å². The van der Waals surface area contributed by atoms with Gasteiger partial charge in [0.1, 0.15) is 0 Å². The maximum atomic E-state index is 5.58. The van der Waals surface area contributed by atoms with Crippen LogP contribution in [0.2, 0.25) is 0 Å². The molecule has 0 bridgehead atoms. The molecule has 1 aromatic heterocycles. The van der Waals surface area contributed by atoms with Crippen molar-refractivity contribution in [3.05, 3.63) is 187 Å². The van der Waals surface area contributed by atoms with Gasteiger partial charge in [0.05, 0.1) is 22.8 Å². The molecule has 1 N–H and O–H groups in total. The minimum absolute atomic E-state index is 0.124. The smallest absolute Gasteiger partial charge is 0.209 e. The van der Waals surface area contributed by atoms with E-state index in [9.17, 15) is 0 Å². The Morgan fingerprint density at radius 3 is 1.82 bits per heavy atom. The molecule has 2 heterocycles. The highest BCUT2D eigenvalue weighted by atomic mass is 15.2. The topological polar surface area (TPSA) is 29.3 Å². The molecule has 11 rings (SSSR count). The van der Waals surface area contributed by atoms with Gasteiger partial charge in [-0.15, -0.1) is 0 Å². The largest absolute Gasteiger partial charge is 0.345 e. The number of aromatic nitrogens is 1. The number of para-hydroxylation sites is 1. The summed E-state index contributed by atoms with van der Waals surface area (Å²) in [6, 6.07) is 61.3. The van der Waals surface area contributed by atoms with E-state index in [0.717, 1.165) is 28.3 Å². The van der Waals surface area contributed by atoms with Crippen molar-refractivity contribution in [2.75, 3.05) is 0 Å². The Kier molecular flexibility index (Phi) is 6.02. The second-order valence-corrected chi connectivity index (χ2v) is 13.5. The lowest BCUT2D eigenvalue weighted by atomic mass is 9.93. The second-order valence-electron chi connectivity index (χ2n) is 13.5. The molecule has 238 valence electrons. The van der Waals surface area contributed by atoms with E-state index in [-0.39, 0.29) is 6.04 Å². The maximum Gasteiger partial charge on any atom is 0.209 e. The van der Waals surface area contributed by atoms with Gasteiger partial charge in [-0.3, -0.25) is 4.57 Å². The molecule has 0 saturated carbocycles. The van der Waals surface area contributed by atoms with Crippen LogP contribution in [0.25, 0.3) is 81.4 Å². The Balaban J connectivity index is 1.28. The molecule has 0 amide bonds. The minimum Gasteiger partial charge on any atom is -0.345 e. The normalized spacial score (nSPS) is 14.9. The summed E-state index contributed by atoms with van der Waals surface area (Å²) in [6.45, 7) is 0. The molecule has 10 aromatic rings. The zero-order chi connectivity index (χ0) is 33.5. The maximum absolute atomic E-state index is 5.58. The molecule has 1 unspecified atom stereocenters. The van der Waals surface area contributed by atoms with Crippen molar-refractivity contribution in [2.24, 2.45) is 4.99 Å². The molecule has 51 heavy (non-hydrogen) atoms. The first-order valence-electron chi connectivity index (χ1n) is 17.6. The van der Waals surface area contributed by atoms with E-state index in [2.05, 4.69) is 186 Å². The minimum atomic E-state index is -0.124. The predicted molar refractivity (Wildman–Crippen MR) is 217 cm³/mol. The number of rotatable bonds is 2. The number of nitrogens with one attached hydrogen (secondary N) is 1. The monoisotopic (exact) mass is 649 g/mol. The zero-order valence-electron chi connectivity index (χ0n) is 27.7. The molecule has 0 saturated heterocycles. The van der Waals surface area contributed by atoms with E-state index in [0.29, 0.717) is 0 Å². The van der Waals surface area contributed by atoms with Crippen LogP contribution in [0.15, 0.2) is 181 Å². The summed E-state index contributed by atoms with van der Waals surface area (Å²) in [5.74, 6) is 0.814. The van der Waals surface area contributed by atoms with Crippen molar-refractivity contribution in [3.63, 3.8) is 0 Å². The molecule has 3 nitrogen and oxygen atoms in total. The lowest BCUT2D eigenvalue weighted by Crippen LogP contribution is -2.35. The second kappa shape index (κ2) is 10.9. The molecule has 1 aliphatic rings. The van der Waals surface area contributed by atoms with Gasteiger partial charge in [0.25, 0.3) is 0 Å². The zero-order valence-corrected chi connectivity index (χ0v) is 27.7. The highest BCUT2D eigenvalue weighted by Gasteiger charge is 2.27. The fourth-order valence-electron chi connectivity index (χ4n) is 8.58. The third-order valence-electron chi connectivity index (χ3n) is 10.8. The Labute approximate surface area is 294 Å². The number of hydrogen-bond acceptors (Lipinski definition) is 2. The third kappa shape index (κ3) is 4.15. The fourth-order valence-corrected chi connectivity index (χ4v) is 8.58. The predicted octanol–water partition coefficient (Wildman–Crippen LogP) is 12.2. The highest BCUT2D eigenvalue weighted by Crippen LogP contribution is 2.44. The molecule has 0 aliphatic carbocycles. The van der Waals surface area contributed by atoms with Crippen molar-refractivity contribution in [1.29, 1.82) is 0 Å². The summed E-state index contributed by atoms with van der Waals surface area (Å²) in [7, 11) is 0. The standard InChI is InChI=1S/C48H31N3/c1-4-18-33-30(13-1)16-11-24-37(33)42-29-43(38-25-12-17-31-14-2-5-19-34(31)38)50-48(49-42)51-44-26-10-9-23-41(44)46-45-35-20-6-3-15-32(35)27-28-39(45)36-21-7-8-22-40(36)47(46)51/h1-29,42H,(H,49,50). The first-order valence-corrected chi connectivity index (χ1v) is 17.6. The Bertz CT molecular complexity index is 3110. The Hall–Kier alpha value is -6.71. The van der Waals surface area contributed by atoms with Crippen LogP contribution in [0.1, 0.15) is 17.2 Å². The van der Waals surface area contributed by atoms with Gasteiger partial charge in [-0.05, 0) is 60.8 Å². The number of aliphatic imine (C=N–C) groups is 1. The van der Waals surface area contributed by atoms with Crippen molar-refractivity contribution in [2.45, 2.75) is 6.04 Å².